The van der Waals surface area contributed by atoms with Gasteiger partial charge in [-0.1, -0.05) is 0 Å². The molecule has 0 radical (unpaired) electrons. The van der Waals surface area contributed by atoms with Crippen LogP contribution in [0, 0.1) is 0 Å². The van der Waals surface area contributed by atoms with Crippen LogP contribution < -0.4 is 5.32 Å². The lowest BCUT2D eigenvalue weighted by atomic mass is 10.2. The number of aliphatic hydroxyl groups excluding tert-OH is 1. The number of nitrogens with one attached hydrogen (secondary N) is 1. The smallest absolute Gasteiger partial charge is 0.0900 e. The minimum absolute atomic E-state index is 0.350. The van der Waals surface area contributed by atoms with Crippen molar-refractivity contribution in [3.63, 3.8) is 0 Å². The summed E-state index contributed by atoms with van der Waals surface area (Å²) < 4.78 is 4.92. The number of rotatable bonds is 6. The normalized spacial score (nSPS) is 25.5. The van der Waals surface area contributed by atoms with Gasteiger partial charge in [0.05, 0.1) is 12.7 Å². The quantitative estimate of drug-likeness (QED) is 0.619. The van der Waals surface area contributed by atoms with E-state index in [0.717, 1.165) is 19.6 Å². The largest absolute Gasteiger partial charge is 0.389 e. The van der Waals surface area contributed by atoms with Crippen LogP contribution in [-0.4, -0.2) is 62.6 Å². The number of hydrogen-bond donors (Lipinski definition) is 2. The van der Waals surface area contributed by atoms with Gasteiger partial charge in [-0.3, -0.25) is 4.90 Å². The number of aliphatic hydroxyl groups is 1. The van der Waals surface area contributed by atoms with Crippen LogP contribution in [0.3, 0.4) is 0 Å². The monoisotopic (exact) mass is 202 g/mol. The molecule has 2 unspecified atom stereocenters. The fourth-order valence-electron chi connectivity index (χ4n) is 2.12. The average Bonchev–Trinajstić information content (AvgIpc) is 2.54. The summed E-state index contributed by atoms with van der Waals surface area (Å²) >= 11 is 0. The Morgan fingerprint density at radius 1 is 1.64 bits per heavy atom. The highest BCUT2D eigenvalue weighted by atomic mass is 16.5. The van der Waals surface area contributed by atoms with Crippen molar-refractivity contribution in [3.05, 3.63) is 0 Å². The Labute approximate surface area is 86.2 Å². The molecule has 1 rings (SSSR count). The van der Waals surface area contributed by atoms with Gasteiger partial charge in [-0.05, 0) is 26.4 Å². The van der Waals surface area contributed by atoms with Gasteiger partial charge in [0.25, 0.3) is 0 Å². The average molecular weight is 202 g/mol. The molecule has 84 valence electrons. The first-order valence-electron chi connectivity index (χ1n) is 5.33. The van der Waals surface area contributed by atoms with E-state index in [1.807, 2.05) is 7.05 Å². The fraction of sp³-hybridized carbons (Fsp3) is 1.00. The molecule has 0 bridgehead atoms. The van der Waals surface area contributed by atoms with E-state index in [1.54, 1.807) is 7.11 Å². The number of ether oxygens (including phenoxy) is 1. The predicted octanol–water partition coefficient (Wildman–Crippen LogP) is -0.322. The van der Waals surface area contributed by atoms with E-state index < -0.39 is 0 Å². The van der Waals surface area contributed by atoms with Crippen molar-refractivity contribution >= 4 is 0 Å². The highest BCUT2D eigenvalue weighted by molar-refractivity contribution is 4.81. The molecular weight excluding hydrogens is 180 g/mol. The van der Waals surface area contributed by atoms with Crippen LogP contribution in [0.4, 0.5) is 0 Å². The van der Waals surface area contributed by atoms with Crippen LogP contribution in [0.25, 0.3) is 0 Å². The van der Waals surface area contributed by atoms with Crippen molar-refractivity contribution in [3.8, 4) is 0 Å². The van der Waals surface area contributed by atoms with Gasteiger partial charge in [-0.2, -0.15) is 0 Å². The highest BCUT2D eigenvalue weighted by Gasteiger charge is 2.25. The maximum absolute atomic E-state index is 9.61. The number of hydrogen-bond acceptors (Lipinski definition) is 4. The number of nitrogens with zero attached hydrogens (tertiary/aromatic N) is 1. The van der Waals surface area contributed by atoms with Crippen LogP contribution in [0.2, 0.25) is 0 Å². The van der Waals surface area contributed by atoms with Gasteiger partial charge in [-0.15, -0.1) is 0 Å². The first-order chi connectivity index (χ1) is 6.77. The summed E-state index contributed by atoms with van der Waals surface area (Å²) in [4.78, 5) is 2.35. The lowest BCUT2D eigenvalue weighted by Crippen LogP contribution is -2.42. The molecule has 14 heavy (non-hydrogen) atoms. The van der Waals surface area contributed by atoms with Gasteiger partial charge in [0.15, 0.2) is 0 Å². The summed E-state index contributed by atoms with van der Waals surface area (Å²) in [5.74, 6) is 0. The summed E-state index contributed by atoms with van der Waals surface area (Å²) in [6.45, 7) is 3.29. The molecule has 0 spiro atoms. The molecule has 2 atom stereocenters. The zero-order chi connectivity index (χ0) is 10.4. The molecule has 0 aromatic heterocycles. The third kappa shape index (κ3) is 3.53. The summed E-state index contributed by atoms with van der Waals surface area (Å²) in [7, 11) is 3.60. The fourth-order valence-corrected chi connectivity index (χ4v) is 2.12. The molecule has 4 heteroatoms. The van der Waals surface area contributed by atoms with Gasteiger partial charge in [-0.25, -0.2) is 0 Å². The maximum Gasteiger partial charge on any atom is 0.0900 e. The Kier molecular flexibility index (Phi) is 5.40. The molecule has 1 aliphatic rings. The van der Waals surface area contributed by atoms with Crippen LogP contribution in [0.15, 0.2) is 0 Å². The van der Waals surface area contributed by atoms with Crippen molar-refractivity contribution in [2.24, 2.45) is 0 Å². The second-order valence-corrected chi connectivity index (χ2v) is 3.96. The molecule has 0 aromatic carbocycles. The molecule has 0 aromatic rings. The maximum atomic E-state index is 9.61. The topological polar surface area (TPSA) is 44.7 Å². The Bertz CT molecular complexity index is 155. The van der Waals surface area contributed by atoms with E-state index in [1.165, 1.54) is 12.8 Å². The lowest BCUT2D eigenvalue weighted by molar-refractivity contribution is 0.0349. The lowest BCUT2D eigenvalue weighted by Gasteiger charge is -2.26. The second-order valence-electron chi connectivity index (χ2n) is 3.96. The molecule has 0 saturated carbocycles. The van der Waals surface area contributed by atoms with Gasteiger partial charge in [0.2, 0.25) is 0 Å². The summed E-state index contributed by atoms with van der Waals surface area (Å²) in [6, 6.07) is 0.589. The third-order valence-electron chi connectivity index (χ3n) is 2.74. The zero-order valence-electron chi connectivity index (χ0n) is 9.20. The molecule has 0 aliphatic carbocycles. The Morgan fingerprint density at radius 2 is 2.43 bits per heavy atom. The zero-order valence-corrected chi connectivity index (χ0v) is 9.20. The van der Waals surface area contributed by atoms with Crippen molar-refractivity contribution < 1.29 is 9.84 Å². The van der Waals surface area contributed by atoms with E-state index in [9.17, 15) is 5.11 Å². The van der Waals surface area contributed by atoms with Gasteiger partial charge in [0.1, 0.15) is 0 Å². The predicted molar refractivity (Wildman–Crippen MR) is 56.4 cm³/mol. The summed E-state index contributed by atoms with van der Waals surface area (Å²) in [5.41, 5.74) is 0. The standard InChI is InChI=1S/C10H22N2O2/c1-11-6-9-4-3-5-12(9)7-10(13)8-14-2/h9-11,13H,3-8H2,1-2H3. The van der Waals surface area contributed by atoms with Crippen molar-refractivity contribution in [2.45, 2.75) is 25.0 Å². The SMILES string of the molecule is CNCC1CCCN1CC(O)COC. The highest BCUT2D eigenvalue weighted by Crippen LogP contribution is 2.16. The second kappa shape index (κ2) is 6.35. The molecular formula is C10H22N2O2. The van der Waals surface area contributed by atoms with Crippen LogP contribution in [-0.2, 0) is 4.74 Å². The van der Waals surface area contributed by atoms with E-state index in [2.05, 4.69) is 10.2 Å². The van der Waals surface area contributed by atoms with E-state index in [-0.39, 0.29) is 6.10 Å². The first kappa shape index (κ1) is 11.9. The van der Waals surface area contributed by atoms with Crippen molar-refractivity contribution in [2.75, 3.05) is 40.4 Å². The van der Waals surface area contributed by atoms with Crippen LogP contribution >= 0.6 is 0 Å². The molecule has 1 fully saturated rings. The van der Waals surface area contributed by atoms with E-state index in [0.29, 0.717) is 12.6 Å². The number of likely N-dealkylation sites (tertiary alicyclic amines) is 1. The molecule has 1 aliphatic heterocycles. The van der Waals surface area contributed by atoms with E-state index in [4.69, 9.17) is 4.74 Å². The number of β-amino-alcohol motifs (C(OH)–C–C–N with tert-alkyl or cyclic N) is 1. The molecule has 0 amide bonds. The minimum Gasteiger partial charge on any atom is -0.389 e. The summed E-state index contributed by atoms with van der Waals surface area (Å²) in [6.07, 6.45) is 2.13. The first-order valence-corrected chi connectivity index (χ1v) is 5.33. The minimum atomic E-state index is -0.350. The van der Waals surface area contributed by atoms with Crippen molar-refractivity contribution in [1.82, 2.24) is 10.2 Å². The molecule has 4 nitrogen and oxygen atoms in total. The third-order valence-corrected chi connectivity index (χ3v) is 2.74. The van der Waals surface area contributed by atoms with Crippen molar-refractivity contribution in [1.29, 1.82) is 0 Å². The van der Waals surface area contributed by atoms with E-state index >= 15 is 0 Å². The number of methoxy groups -OCH3 is 1. The van der Waals surface area contributed by atoms with Crippen LogP contribution in [0.5, 0.6) is 0 Å². The Balaban J connectivity index is 2.27. The van der Waals surface area contributed by atoms with Crippen LogP contribution in [0.1, 0.15) is 12.8 Å². The van der Waals surface area contributed by atoms with Gasteiger partial charge < -0.3 is 15.2 Å². The molecule has 1 saturated heterocycles. The van der Waals surface area contributed by atoms with Gasteiger partial charge >= 0.3 is 0 Å². The number of likely N-dealkylation sites (N-methyl/N-ethyl adjacent to an activating group) is 1. The molecule has 2 N–H and O–H groups in total. The Hall–Kier alpha value is -0.160. The molecule has 1 heterocycles. The Morgan fingerprint density at radius 3 is 3.07 bits per heavy atom. The van der Waals surface area contributed by atoms with Gasteiger partial charge in [0, 0.05) is 26.2 Å². The summed E-state index contributed by atoms with van der Waals surface area (Å²) in [5, 5.41) is 12.8.